The van der Waals surface area contributed by atoms with E-state index in [4.69, 9.17) is 0 Å². The Kier molecular flexibility index (Phi) is 5.83. The van der Waals surface area contributed by atoms with Crippen LogP contribution in [0.25, 0.3) is 11.1 Å². The molecule has 0 aliphatic rings. The highest BCUT2D eigenvalue weighted by molar-refractivity contribution is 5.95. The van der Waals surface area contributed by atoms with Crippen LogP contribution < -0.4 is 5.69 Å². The molecule has 5 heteroatoms. The van der Waals surface area contributed by atoms with Crippen molar-refractivity contribution in [2.75, 3.05) is 0 Å². The minimum absolute atomic E-state index is 0.0312. The summed E-state index contributed by atoms with van der Waals surface area (Å²) in [5.74, 6) is -0.938. The van der Waals surface area contributed by atoms with Gasteiger partial charge in [-0.2, -0.15) is 0 Å². The van der Waals surface area contributed by atoms with Crippen LogP contribution in [0.3, 0.4) is 0 Å². The second-order valence-electron chi connectivity index (χ2n) is 6.94. The van der Waals surface area contributed by atoms with Crippen LogP contribution in [0.2, 0.25) is 0 Å². The topological polar surface area (TPSA) is 64.2 Å². The zero-order valence-electron chi connectivity index (χ0n) is 16.6. The molecule has 5 nitrogen and oxygen atoms in total. The van der Waals surface area contributed by atoms with Gasteiger partial charge in [-0.15, -0.1) is 0 Å². The molecule has 0 aliphatic carbocycles. The fourth-order valence-electron chi connectivity index (χ4n) is 3.74. The van der Waals surface area contributed by atoms with Crippen molar-refractivity contribution in [3.05, 3.63) is 81.5 Å². The van der Waals surface area contributed by atoms with Gasteiger partial charge in [0.25, 0.3) is 0 Å². The molecule has 0 radical (unpaired) electrons. The largest absolute Gasteiger partial charge is 0.478 e. The highest BCUT2D eigenvalue weighted by atomic mass is 16.4. The van der Waals surface area contributed by atoms with Crippen molar-refractivity contribution in [1.82, 2.24) is 9.13 Å². The maximum Gasteiger partial charge on any atom is 0.336 e. The van der Waals surface area contributed by atoms with Crippen molar-refractivity contribution < 1.29 is 9.90 Å². The van der Waals surface area contributed by atoms with Crippen molar-refractivity contribution in [3.8, 4) is 11.1 Å². The van der Waals surface area contributed by atoms with E-state index in [9.17, 15) is 14.7 Å². The van der Waals surface area contributed by atoms with Crippen LogP contribution in [-0.4, -0.2) is 20.2 Å². The molecule has 0 aliphatic heterocycles. The molecule has 2 aromatic carbocycles. The summed E-state index contributed by atoms with van der Waals surface area (Å²) in [5.41, 5.74) is 5.01. The number of hydrogen-bond donors (Lipinski definition) is 1. The third-order valence-electron chi connectivity index (χ3n) is 5.18. The molecule has 146 valence electrons. The molecule has 1 aromatic heterocycles. The fourth-order valence-corrected chi connectivity index (χ4v) is 3.74. The van der Waals surface area contributed by atoms with Gasteiger partial charge in [0.05, 0.1) is 12.1 Å². The van der Waals surface area contributed by atoms with Gasteiger partial charge in [0.1, 0.15) is 0 Å². The Morgan fingerprint density at radius 1 is 1.00 bits per heavy atom. The highest BCUT2D eigenvalue weighted by Crippen LogP contribution is 2.24. The number of carboxylic acid groups (broad SMARTS) is 1. The van der Waals surface area contributed by atoms with Crippen LogP contribution in [-0.2, 0) is 19.5 Å². The van der Waals surface area contributed by atoms with E-state index >= 15 is 0 Å². The van der Waals surface area contributed by atoms with Crippen LogP contribution in [0.15, 0.2) is 53.3 Å². The van der Waals surface area contributed by atoms with Gasteiger partial charge in [0, 0.05) is 17.9 Å². The van der Waals surface area contributed by atoms with Gasteiger partial charge < -0.3 is 5.11 Å². The van der Waals surface area contributed by atoms with Crippen molar-refractivity contribution in [2.24, 2.45) is 0 Å². The third-order valence-corrected chi connectivity index (χ3v) is 5.18. The molecule has 3 aromatic rings. The lowest BCUT2D eigenvalue weighted by Gasteiger charge is -2.10. The number of nitrogens with zero attached hydrogens (tertiary/aromatic N) is 2. The van der Waals surface area contributed by atoms with E-state index in [-0.39, 0.29) is 11.3 Å². The summed E-state index contributed by atoms with van der Waals surface area (Å²) in [5, 5.41) is 9.40. The van der Waals surface area contributed by atoms with Crippen molar-refractivity contribution >= 4 is 5.97 Å². The average Bonchev–Trinajstić information content (AvgIpc) is 2.92. The first kappa shape index (κ1) is 19.7. The smallest absolute Gasteiger partial charge is 0.336 e. The van der Waals surface area contributed by atoms with Crippen molar-refractivity contribution in [1.29, 1.82) is 0 Å². The van der Waals surface area contributed by atoms with Gasteiger partial charge >= 0.3 is 11.7 Å². The molecule has 28 heavy (non-hydrogen) atoms. The van der Waals surface area contributed by atoms with Crippen molar-refractivity contribution in [3.63, 3.8) is 0 Å². The Morgan fingerprint density at radius 2 is 1.68 bits per heavy atom. The Hall–Kier alpha value is -3.08. The minimum Gasteiger partial charge on any atom is -0.478 e. The summed E-state index contributed by atoms with van der Waals surface area (Å²) < 4.78 is 3.69. The third kappa shape index (κ3) is 3.65. The molecular weight excluding hydrogens is 352 g/mol. The molecule has 1 heterocycles. The average molecular weight is 378 g/mol. The number of aromatic nitrogens is 2. The summed E-state index contributed by atoms with van der Waals surface area (Å²) in [7, 11) is 0. The lowest BCUT2D eigenvalue weighted by atomic mass is 9.99. The van der Waals surface area contributed by atoms with Gasteiger partial charge in [-0.25, -0.2) is 9.59 Å². The second kappa shape index (κ2) is 8.30. The van der Waals surface area contributed by atoms with E-state index < -0.39 is 5.97 Å². The molecule has 0 amide bonds. The van der Waals surface area contributed by atoms with E-state index in [2.05, 4.69) is 6.92 Å². The summed E-state index contributed by atoms with van der Waals surface area (Å²) in [6, 6.07) is 14.8. The van der Waals surface area contributed by atoms with E-state index in [1.807, 2.05) is 59.4 Å². The molecule has 0 spiro atoms. The van der Waals surface area contributed by atoms with Gasteiger partial charge in [-0.3, -0.25) is 9.13 Å². The molecule has 3 rings (SSSR count). The standard InChI is InChI=1S/C23H26N2O3/c1-4-8-21-16(3)24(5-2)23(28)25(21)15-17-11-13-18(14-12-17)19-9-6-7-10-20(19)22(26)27/h6-7,9-14H,4-5,8,15H2,1-3H3,(H,26,27). The number of rotatable bonds is 7. The van der Waals surface area contributed by atoms with E-state index in [1.165, 1.54) is 0 Å². The normalized spacial score (nSPS) is 11.0. The summed E-state index contributed by atoms with van der Waals surface area (Å²) in [4.78, 5) is 24.3. The predicted molar refractivity (Wildman–Crippen MR) is 111 cm³/mol. The van der Waals surface area contributed by atoms with E-state index in [0.717, 1.165) is 35.4 Å². The highest BCUT2D eigenvalue weighted by Gasteiger charge is 2.16. The van der Waals surface area contributed by atoms with Crippen LogP contribution in [0.5, 0.6) is 0 Å². The SMILES string of the molecule is CCCc1c(C)n(CC)c(=O)n1Cc1ccc(-c2ccccc2C(=O)O)cc1. The van der Waals surface area contributed by atoms with Gasteiger partial charge in [0.2, 0.25) is 0 Å². The summed E-state index contributed by atoms with van der Waals surface area (Å²) >= 11 is 0. The number of imidazole rings is 1. The second-order valence-corrected chi connectivity index (χ2v) is 6.94. The minimum atomic E-state index is -0.938. The lowest BCUT2D eigenvalue weighted by Crippen LogP contribution is -2.25. The van der Waals surface area contributed by atoms with Gasteiger partial charge in [-0.05, 0) is 43.0 Å². The summed E-state index contributed by atoms with van der Waals surface area (Å²) in [6.07, 6.45) is 1.86. The van der Waals surface area contributed by atoms with Gasteiger partial charge in [0.15, 0.2) is 0 Å². The van der Waals surface area contributed by atoms with Crippen LogP contribution in [0.4, 0.5) is 0 Å². The fraction of sp³-hybridized carbons (Fsp3) is 0.304. The zero-order valence-corrected chi connectivity index (χ0v) is 16.6. The maximum atomic E-state index is 12.8. The monoisotopic (exact) mass is 378 g/mol. The molecule has 1 N–H and O–H groups in total. The van der Waals surface area contributed by atoms with Crippen LogP contribution in [0, 0.1) is 6.92 Å². The summed E-state index contributed by atoms with van der Waals surface area (Å²) in [6.45, 7) is 7.30. The Morgan fingerprint density at radius 3 is 2.29 bits per heavy atom. The lowest BCUT2D eigenvalue weighted by molar-refractivity contribution is 0.0697. The number of hydrogen-bond acceptors (Lipinski definition) is 2. The first-order chi connectivity index (χ1) is 13.5. The predicted octanol–water partition coefficient (Wildman–Crippen LogP) is 4.34. The molecule has 0 fully saturated rings. The Balaban J connectivity index is 1.95. The number of aromatic carboxylic acids is 1. The first-order valence-corrected chi connectivity index (χ1v) is 9.68. The molecule has 0 saturated carbocycles. The Labute approximate surface area is 164 Å². The zero-order chi connectivity index (χ0) is 20.3. The Bertz CT molecular complexity index is 1040. The maximum absolute atomic E-state index is 12.8. The first-order valence-electron chi connectivity index (χ1n) is 9.68. The van der Waals surface area contributed by atoms with Crippen LogP contribution >= 0.6 is 0 Å². The number of benzene rings is 2. The van der Waals surface area contributed by atoms with E-state index in [1.54, 1.807) is 12.1 Å². The molecule has 0 unspecified atom stereocenters. The van der Waals surface area contributed by atoms with Gasteiger partial charge in [-0.1, -0.05) is 55.8 Å². The molecule has 0 atom stereocenters. The van der Waals surface area contributed by atoms with E-state index in [0.29, 0.717) is 18.7 Å². The molecular formula is C23H26N2O3. The molecule has 0 bridgehead atoms. The number of carbonyl (C=O) groups is 1. The number of carboxylic acids is 1. The molecule has 0 saturated heterocycles. The quantitative estimate of drug-likeness (QED) is 0.665. The van der Waals surface area contributed by atoms with Crippen LogP contribution in [0.1, 0.15) is 47.6 Å². The van der Waals surface area contributed by atoms with Crippen molar-refractivity contribution in [2.45, 2.75) is 46.7 Å².